The number of imide groups is 2. The minimum Gasteiger partial charge on any atom is -0.270 e. The SMILES string of the molecule is [C-]#[N+]c1ccc(N2C(=O)c3ccc4c5c(cc([N+]#[C-])c(c35)C2=O)C(=O)N(c2ccc(C#N)cc2)C4=O)cc1. The monoisotopic (exact) mass is 493 g/mol. The Bertz CT molecular complexity index is 1920. The quantitative estimate of drug-likeness (QED) is 0.274. The third-order valence-electron chi connectivity index (χ3n) is 6.59. The summed E-state index contributed by atoms with van der Waals surface area (Å²) in [6.45, 7) is 14.9. The molecule has 0 atom stereocenters. The summed E-state index contributed by atoms with van der Waals surface area (Å²) in [5, 5.41) is 9.32. The van der Waals surface area contributed by atoms with Crippen molar-refractivity contribution in [3.8, 4) is 6.07 Å². The lowest BCUT2D eigenvalue weighted by molar-refractivity contribution is 0.0873. The molecule has 0 fully saturated rings. The predicted octanol–water partition coefficient (Wildman–Crippen LogP) is 5.41. The topological polar surface area (TPSA) is 107 Å². The van der Waals surface area contributed by atoms with Gasteiger partial charge in [-0.15, -0.1) is 0 Å². The van der Waals surface area contributed by atoms with Gasteiger partial charge in [0.1, 0.15) is 0 Å². The molecule has 4 amide bonds. The first-order valence-electron chi connectivity index (χ1n) is 11.2. The third kappa shape index (κ3) is 2.89. The molecule has 0 unspecified atom stereocenters. The summed E-state index contributed by atoms with van der Waals surface area (Å²) in [5.41, 5.74) is 1.14. The molecule has 0 radical (unpaired) electrons. The van der Waals surface area contributed by atoms with E-state index in [1.807, 2.05) is 6.07 Å². The van der Waals surface area contributed by atoms with Gasteiger partial charge in [-0.1, -0.05) is 12.1 Å². The van der Waals surface area contributed by atoms with E-state index >= 15 is 0 Å². The molecule has 2 aliphatic heterocycles. The van der Waals surface area contributed by atoms with Crippen LogP contribution in [0.1, 0.15) is 47.0 Å². The second kappa shape index (κ2) is 7.96. The van der Waals surface area contributed by atoms with Gasteiger partial charge in [0.25, 0.3) is 23.6 Å². The molecule has 4 aromatic carbocycles. The zero-order chi connectivity index (χ0) is 26.7. The summed E-state index contributed by atoms with van der Waals surface area (Å²) in [6, 6.07) is 17.9. The molecule has 2 aliphatic rings. The van der Waals surface area contributed by atoms with Crippen LogP contribution in [0.5, 0.6) is 0 Å². The van der Waals surface area contributed by atoms with E-state index in [0.29, 0.717) is 11.3 Å². The fourth-order valence-electron chi connectivity index (χ4n) is 4.87. The fraction of sp³-hybridized carbons (Fsp3) is 0. The van der Waals surface area contributed by atoms with Crippen molar-refractivity contribution in [3.05, 3.63) is 117 Å². The Labute approximate surface area is 215 Å². The number of anilines is 2. The lowest BCUT2D eigenvalue weighted by Gasteiger charge is -2.32. The summed E-state index contributed by atoms with van der Waals surface area (Å²) < 4.78 is 0. The number of hydrogen-bond donors (Lipinski definition) is 0. The summed E-state index contributed by atoms with van der Waals surface area (Å²) >= 11 is 0. The van der Waals surface area contributed by atoms with Gasteiger partial charge in [-0.25, -0.2) is 19.5 Å². The molecule has 0 spiro atoms. The molecule has 6 rings (SSSR count). The molecule has 0 N–H and O–H groups in total. The minimum atomic E-state index is -0.762. The van der Waals surface area contributed by atoms with Gasteiger partial charge < -0.3 is 0 Å². The van der Waals surface area contributed by atoms with Crippen molar-refractivity contribution in [2.75, 3.05) is 9.80 Å². The maximum absolute atomic E-state index is 13.7. The van der Waals surface area contributed by atoms with Crippen molar-refractivity contribution in [2.45, 2.75) is 0 Å². The molecule has 9 nitrogen and oxygen atoms in total. The first kappa shape index (κ1) is 22.4. The van der Waals surface area contributed by atoms with E-state index in [-0.39, 0.29) is 50.1 Å². The van der Waals surface area contributed by atoms with Crippen LogP contribution in [0.2, 0.25) is 0 Å². The van der Waals surface area contributed by atoms with Crippen LogP contribution in [0.3, 0.4) is 0 Å². The Morgan fingerprint density at radius 2 is 1.16 bits per heavy atom. The molecule has 9 heteroatoms. The van der Waals surface area contributed by atoms with Crippen molar-refractivity contribution in [1.29, 1.82) is 5.26 Å². The standard InChI is InChI=1S/C29H11N5O4/c1-31-16-5-9-18(10-6-16)34-27(36)20-12-11-19-23-21(13-22(32-2)25(24(20)23)29(34)38)28(37)33(26(19)35)17-7-3-15(14-30)4-8-17/h3-13H. The molecular weight excluding hydrogens is 482 g/mol. The van der Waals surface area contributed by atoms with Gasteiger partial charge in [-0.2, -0.15) is 5.26 Å². The molecular formula is C29H11N5O4. The maximum atomic E-state index is 13.7. The van der Waals surface area contributed by atoms with Crippen LogP contribution in [0, 0.1) is 24.5 Å². The van der Waals surface area contributed by atoms with Gasteiger partial charge in [0, 0.05) is 27.8 Å². The Hall–Kier alpha value is -6.11. The summed E-state index contributed by atoms with van der Waals surface area (Å²) in [6.07, 6.45) is 0. The van der Waals surface area contributed by atoms with Crippen molar-refractivity contribution in [2.24, 2.45) is 0 Å². The van der Waals surface area contributed by atoms with Gasteiger partial charge in [0.2, 0.25) is 5.69 Å². The zero-order valence-corrected chi connectivity index (χ0v) is 19.2. The average Bonchev–Trinajstić information content (AvgIpc) is 2.95. The molecule has 38 heavy (non-hydrogen) atoms. The second-order valence-electron chi connectivity index (χ2n) is 8.52. The zero-order valence-electron chi connectivity index (χ0n) is 19.2. The molecule has 2 heterocycles. The van der Waals surface area contributed by atoms with Crippen LogP contribution in [0.15, 0.2) is 66.7 Å². The highest BCUT2D eigenvalue weighted by molar-refractivity contribution is 6.43. The van der Waals surface area contributed by atoms with Crippen molar-refractivity contribution in [1.82, 2.24) is 0 Å². The van der Waals surface area contributed by atoms with E-state index in [9.17, 15) is 19.2 Å². The van der Waals surface area contributed by atoms with E-state index < -0.39 is 23.6 Å². The molecule has 0 aliphatic carbocycles. The number of carbonyl (C=O) groups excluding carboxylic acids is 4. The highest BCUT2D eigenvalue weighted by Crippen LogP contribution is 2.44. The first-order chi connectivity index (χ1) is 18.4. The summed E-state index contributed by atoms with van der Waals surface area (Å²) in [4.78, 5) is 63.1. The van der Waals surface area contributed by atoms with Gasteiger partial charge in [0.15, 0.2) is 5.69 Å². The van der Waals surface area contributed by atoms with E-state index in [1.165, 1.54) is 66.7 Å². The molecule has 0 saturated heterocycles. The number of amides is 4. The number of nitrogens with zero attached hydrogens (tertiary/aromatic N) is 5. The smallest absolute Gasteiger partial charge is 0.265 e. The Balaban J connectivity index is 1.58. The Kier molecular flexibility index (Phi) is 4.68. The predicted molar refractivity (Wildman–Crippen MR) is 136 cm³/mol. The number of nitriles is 1. The summed E-state index contributed by atoms with van der Waals surface area (Å²) in [5.74, 6) is -2.80. The van der Waals surface area contributed by atoms with Gasteiger partial charge in [-0.3, -0.25) is 19.2 Å². The van der Waals surface area contributed by atoms with Crippen molar-refractivity contribution >= 4 is 57.2 Å². The van der Waals surface area contributed by atoms with Crippen LogP contribution in [0.25, 0.3) is 20.5 Å². The van der Waals surface area contributed by atoms with Crippen LogP contribution in [0.4, 0.5) is 22.7 Å². The van der Waals surface area contributed by atoms with Crippen LogP contribution >= 0.6 is 0 Å². The van der Waals surface area contributed by atoms with Crippen LogP contribution in [-0.2, 0) is 0 Å². The number of benzene rings is 4. The van der Waals surface area contributed by atoms with Gasteiger partial charge in [0.05, 0.1) is 36.0 Å². The Morgan fingerprint density at radius 1 is 0.632 bits per heavy atom. The minimum absolute atomic E-state index is 0.0195. The van der Waals surface area contributed by atoms with Crippen LogP contribution < -0.4 is 9.80 Å². The molecule has 0 bridgehead atoms. The third-order valence-corrected chi connectivity index (χ3v) is 6.59. The van der Waals surface area contributed by atoms with Crippen molar-refractivity contribution < 1.29 is 19.2 Å². The van der Waals surface area contributed by atoms with Crippen LogP contribution in [-0.4, -0.2) is 23.6 Å². The van der Waals surface area contributed by atoms with E-state index in [1.54, 1.807) is 0 Å². The van der Waals surface area contributed by atoms with E-state index in [0.717, 1.165) is 9.80 Å². The highest BCUT2D eigenvalue weighted by Gasteiger charge is 2.42. The highest BCUT2D eigenvalue weighted by atomic mass is 16.2. The fourth-order valence-corrected chi connectivity index (χ4v) is 4.87. The first-order valence-corrected chi connectivity index (χ1v) is 11.2. The lowest BCUT2D eigenvalue weighted by Crippen LogP contribution is -2.43. The molecule has 176 valence electrons. The van der Waals surface area contributed by atoms with Gasteiger partial charge in [-0.05, 0) is 60.0 Å². The number of rotatable bonds is 2. The number of carbonyl (C=O) groups is 4. The lowest BCUT2D eigenvalue weighted by atomic mass is 9.84. The maximum Gasteiger partial charge on any atom is 0.265 e. The molecule has 0 aromatic heterocycles. The van der Waals surface area contributed by atoms with Gasteiger partial charge >= 0.3 is 0 Å². The normalized spacial score (nSPS) is 13.8. The largest absolute Gasteiger partial charge is 0.270 e. The van der Waals surface area contributed by atoms with E-state index in [4.69, 9.17) is 18.4 Å². The van der Waals surface area contributed by atoms with E-state index in [2.05, 4.69) is 9.69 Å². The molecule has 4 aromatic rings. The summed E-state index contributed by atoms with van der Waals surface area (Å²) in [7, 11) is 0. The van der Waals surface area contributed by atoms with Crippen molar-refractivity contribution in [3.63, 3.8) is 0 Å². The average molecular weight is 493 g/mol. The number of hydrogen-bond acceptors (Lipinski definition) is 5. The second-order valence-corrected chi connectivity index (χ2v) is 8.52. The molecule has 0 saturated carbocycles. The Morgan fingerprint density at radius 3 is 1.71 bits per heavy atom.